The van der Waals surface area contributed by atoms with E-state index >= 15 is 0 Å². The summed E-state index contributed by atoms with van der Waals surface area (Å²) >= 11 is 0. The first-order valence-electron chi connectivity index (χ1n) is 9.32. The molecular formula is C18H29N5O2. The Kier molecular flexibility index (Phi) is 5.73. The van der Waals surface area contributed by atoms with Gasteiger partial charge in [0.15, 0.2) is 0 Å². The molecular weight excluding hydrogens is 318 g/mol. The molecule has 3 rings (SSSR count). The van der Waals surface area contributed by atoms with Crippen molar-refractivity contribution in [3.05, 3.63) is 18.0 Å². The first-order valence-corrected chi connectivity index (χ1v) is 9.32. The summed E-state index contributed by atoms with van der Waals surface area (Å²) in [6.07, 6.45) is 7.92. The van der Waals surface area contributed by atoms with Crippen molar-refractivity contribution in [2.24, 2.45) is 13.0 Å². The first kappa shape index (κ1) is 17.9. The molecule has 0 bridgehead atoms. The second kappa shape index (κ2) is 7.99. The van der Waals surface area contributed by atoms with Gasteiger partial charge in [0.25, 0.3) is 0 Å². The van der Waals surface area contributed by atoms with E-state index in [2.05, 4.69) is 15.3 Å². The molecule has 0 aromatic carbocycles. The summed E-state index contributed by atoms with van der Waals surface area (Å²) in [5, 5.41) is 7.11. The van der Waals surface area contributed by atoms with Crippen LogP contribution >= 0.6 is 0 Å². The van der Waals surface area contributed by atoms with Crippen LogP contribution in [0.1, 0.15) is 38.2 Å². The molecule has 1 aromatic rings. The number of rotatable bonds is 5. The predicted molar refractivity (Wildman–Crippen MR) is 94.6 cm³/mol. The van der Waals surface area contributed by atoms with Gasteiger partial charge in [0, 0.05) is 57.4 Å². The van der Waals surface area contributed by atoms with Gasteiger partial charge in [-0.1, -0.05) is 6.42 Å². The van der Waals surface area contributed by atoms with Crippen molar-refractivity contribution in [1.82, 2.24) is 24.9 Å². The topological polar surface area (TPSA) is 70.5 Å². The summed E-state index contributed by atoms with van der Waals surface area (Å²) in [6.45, 7) is 5.96. The fraction of sp³-hybridized carbons (Fsp3) is 0.722. The number of hydrogen-bond donors (Lipinski definition) is 1. The van der Waals surface area contributed by atoms with E-state index < -0.39 is 6.04 Å². The highest BCUT2D eigenvalue weighted by Gasteiger charge is 2.29. The molecule has 7 heteroatoms. The highest BCUT2D eigenvalue weighted by Crippen LogP contribution is 2.26. The molecule has 2 aliphatic rings. The zero-order valence-corrected chi connectivity index (χ0v) is 15.3. The van der Waals surface area contributed by atoms with Crippen LogP contribution in [0, 0.1) is 5.92 Å². The Morgan fingerprint density at radius 2 is 2.04 bits per heavy atom. The molecule has 2 fully saturated rings. The van der Waals surface area contributed by atoms with Gasteiger partial charge in [0.1, 0.15) is 6.04 Å². The smallest absolute Gasteiger partial charge is 0.244 e. The van der Waals surface area contributed by atoms with Crippen LogP contribution in [0.25, 0.3) is 0 Å². The Labute approximate surface area is 149 Å². The third kappa shape index (κ3) is 4.60. The van der Waals surface area contributed by atoms with Crippen molar-refractivity contribution in [2.75, 3.05) is 26.2 Å². The summed E-state index contributed by atoms with van der Waals surface area (Å²) in [7, 11) is 1.92. The second-order valence-corrected chi connectivity index (χ2v) is 7.34. The normalized spacial score (nSPS) is 20.6. The fourth-order valence-electron chi connectivity index (χ4n) is 3.50. The number of amides is 2. The summed E-state index contributed by atoms with van der Waals surface area (Å²) in [5.41, 5.74) is 1.20. The minimum atomic E-state index is -0.432. The van der Waals surface area contributed by atoms with Gasteiger partial charge in [-0.25, -0.2) is 0 Å². The van der Waals surface area contributed by atoms with E-state index in [4.69, 9.17) is 0 Å². The molecule has 1 unspecified atom stereocenters. The Balaban J connectivity index is 1.47. The highest BCUT2D eigenvalue weighted by atomic mass is 16.2. The lowest BCUT2D eigenvalue weighted by molar-refractivity contribution is -0.137. The van der Waals surface area contributed by atoms with E-state index in [0.717, 1.165) is 51.9 Å². The molecule has 0 spiro atoms. The average molecular weight is 347 g/mol. The number of aromatic nitrogens is 2. The van der Waals surface area contributed by atoms with Crippen molar-refractivity contribution in [3.63, 3.8) is 0 Å². The van der Waals surface area contributed by atoms with Crippen LogP contribution in [0.3, 0.4) is 0 Å². The van der Waals surface area contributed by atoms with Crippen LogP contribution in [-0.2, 0) is 23.2 Å². The van der Waals surface area contributed by atoms with Crippen LogP contribution in [0.4, 0.5) is 0 Å². The van der Waals surface area contributed by atoms with E-state index in [9.17, 15) is 9.59 Å². The maximum absolute atomic E-state index is 12.7. The van der Waals surface area contributed by atoms with Crippen molar-refractivity contribution in [3.8, 4) is 0 Å². The predicted octanol–water partition coefficient (Wildman–Crippen LogP) is 0.759. The van der Waals surface area contributed by atoms with Crippen LogP contribution in [0.2, 0.25) is 0 Å². The number of nitrogens with zero attached hydrogens (tertiary/aromatic N) is 4. The van der Waals surface area contributed by atoms with Crippen molar-refractivity contribution >= 4 is 11.8 Å². The molecule has 25 heavy (non-hydrogen) atoms. The van der Waals surface area contributed by atoms with Gasteiger partial charge in [-0.05, 0) is 26.2 Å². The number of nitrogens with one attached hydrogen (secondary N) is 1. The van der Waals surface area contributed by atoms with Gasteiger partial charge in [-0.3, -0.25) is 19.2 Å². The molecule has 7 nitrogen and oxygen atoms in total. The summed E-state index contributed by atoms with van der Waals surface area (Å²) in [6, 6.07) is -0.432. The second-order valence-electron chi connectivity index (χ2n) is 7.34. The molecule has 1 aliphatic carbocycles. The van der Waals surface area contributed by atoms with Crippen LogP contribution in [0.15, 0.2) is 12.4 Å². The minimum absolute atomic E-state index is 0.0379. The Bertz CT molecular complexity index is 610. The third-order valence-corrected chi connectivity index (χ3v) is 5.27. The largest absolute Gasteiger partial charge is 0.344 e. The molecule has 1 N–H and O–H groups in total. The SMILES string of the molecule is CC(NC(=O)C1CCC1)C(=O)N1CCCN(Cc2cnn(C)c2)CC1. The quantitative estimate of drug-likeness (QED) is 0.854. The lowest BCUT2D eigenvalue weighted by atomic mass is 9.84. The van der Waals surface area contributed by atoms with E-state index in [1.165, 1.54) is 5.56 Å². The van der Waals surface area contributed by atoms with Gasteiger partial charge in [-0.15, -0.1) is 0 Å². The molecule has 138 valence electrons. The number of hydrogen-bond acceptors (Lipinski definition) is 4. The molecule has 1 aliphatic heterocycles. The molecule has 1 aromatic heterocycles. The fourth-order valence-corrected chi connectivity index (χ4v) is 3.50. The average Bonchev–Trinajstić information content (AvgIpc) is 2.78. The van der Waals surface area contributed by atoms with E-state index in [1.54, 1.807) is 6.92 Å². The maximum atomic E-state index is 12.7. The molecule has 1 saturated carbocycles. The molecule has 2 heterocycles. The zero-order chi connectivity index (χ0) is 17.8. The molecule has 2 amide bonds. The van der Waals surface area contributed by atoms with Gasteiger partial charge >= 0.3 is 0 Å². The van der Waals surface area contributed by atoms with Crippen LogP contribution < -0.4 is 5.32 Å². The first-order chi connectivity index (χ1) is 12.0. The lowest BCUT2D eigenvalue weighted by Crippen LogP contribution is -2.50. The van der Waals surface area contributed by atoms with Crippen molar-refractivity contribution < 1.29 is 9.59 Å². The lowest BCUT2D eigenvalue weighted by Gasteiger charge is -2.28. The van der Waals surface area contributed by atoms with E-state index in [1.807, 2.05) is 29.0 Å². The number of carbonyl (C=O) groups is 2. The van der Waals surface area contributed by atoms with Gasteiger partial charge < -0.3 is 10.2 Å². The third-order valence-electron chi connectivity index (χ3n) is 5.27. The minimum Gasteiger partial charge on any atom is -0.344 e. The van der Waals surface area contributed by atoms with E-state index in [0.29, 0.717) is 6.54 Å². The summed E-state index contributed by atoms with van der Waals surface area (Å²) in [5.74, 6) is 0.199. The standard InChI is InChI=1S/C18H29N5O2/c1-14(20-17(24)16-5-3-6-16)18(25)23-8-4-7-22(9-10-23)13-15-11-19-21(2)12-15/h11-12,14,16H,3-10,13H2,1-2H3,(H,20,24). The number of carbonyl (C=O) groups excluding carboxylic acids is 2. The molecule has 1 saturated heterocycles. The Morgan fingerprint density at radius 1 is 1.24 bits per heavy atom. The van der Waals surface area contributed by atoms with Gasteiger partial charge in [-0.2, -0.15) is 5.10 Å². The van der Waals surface area contributed by atoms with Crippen LogP contribution in [0.5, 0.6) is 0 Å². The zero-order valence-electron chi connectivity index (χ0n) is 15.3. The monoisotopic (exact) mass is 347 g/mol. The molecule has 0 radical (unpaired) electrons. The summed E-state index contributed by atoms with van der Waals surface area (Å²) < 4.78 is 1.81. The summed E-state index contributed by atoms with van der Waals surface area (Å²) in [4.78, 5) is 29.0. The Hall–Kier alpha value is -1.89. The maximum Gasteiger partial charge on any atom is 0.244 e. The van der Waals surface area contributed by atoms with Crippen molar-refractivity contribution in [1.29, 1.82) is 0 Å². The van der Waals surface area contributed by atoms with E-state index in [-0.39, 0.29) is 17.7 Å². The number of aryl methyl sites for hydroxylation is 1. The van der Waals surface area contributed by atoms with Crippen molar-refractivity contribution in [2.45, 2.75) is 45.2 Å². The molecule has 1 atom stereocenters. The van der Waals surface area contributed by atoms with Gasteiger partial charge in [0.05, 0.1) is 6.20 Å². The van der Waals surface area contributed by atoms with Crippen LogP contribution in [-0.4, -0.2) is 63.6 Å². The Morgan fingerprint density at radius 3 is 2.68 bits per heavy atom. The van der Waals surface area contributed by atoms with Gasteiger partial charge in [0.2, 0.25) is 11.8 Å². The highest BCUT2D eigenvalue weighted by molar-refractivity contribution is 5.88.